The van der Waals surface area contributed by atoms with Gasteiger partial charge in [-0.25, -0.2) is 0 Å². The second kappa shape index (κ2) is 14.7. The van der Waals surface area contributed by atoms with Crippen LogP contribution in [0.5, 0.6) is 0 Å². The first-order valence-corrected chi connectivity index (χ1v) is 14.0. The predicted molar refractivity (Wildman–Crippen MR) is 172 cm³/mol. The molecular formula is C36H30AlN3O6. The van der Waals surface area contributed by atoms with Gasteiger partial charge < -0.3 is 29.7 Å². The van der Waals surface area contributed by atoms with Crippen molar-refractivity contribution in [3.63, 3.8) is 0 Å². The normalized spacial score (nSPS) is 10.3. The average molecular weight is 628 g/mol. The van der Waals surface area contributed by atoms with Gasteiger partial charge in [0.25, 0.3) is 0 Å². The van der Waals surface area contributed by atoms with Crippen molar-refractivity contribution in [2.45, 2.75) is 41.5 Å². The third kappa shape index (κ3) is 7.20. The minimum Gasteiger partial charge on any atom is -0.545 e. The van der Waals surface area contributed by atoms with Gasteiger partial charge in [-0.05, 0) is 74.9 Å². The minimum atomic E-state index is -1.18. The van der Waals surface area contributed by atoms with Crippen LogP contribution >= 0.6 is 0 Å². The van der Waals surface area contributed by atoms with Crippen LogP contribution in [0.15, 0.2) is 73.2 Å². The summed E-state index contributed by atoms with van der Waals surface area (Å²) in [4.78, 5) is 45.0. The molecule has 6 rings (SSSR count). The topological polar surface area (TPSA) is 159 Å². The summed E-state index contributed by atoms with van der Waals surface area (Å²) in [7, 11) is 0. The largest absolute Gasteiger partial charge is 3.00 e. The molecule has 6 aromatic rings. The molecule has 46 heavy (non-hydrogen) atoms. The molecule has 0 saturated heterocycles. The Hall–Kier alpha value is -5.17. The quantitative estimate of drug-likeness (QED) is 0.268. The Labute approximate surface area is 276 Å². The van der Waals surface area contributed by atoms with E-state index in [1.54, 1.807) is 36.8 Å². The van der Waals surface area contributed by atoms with Gasteiger partial charge in [-0.1, -0.05) is 54.6 Å². The summed E-state index contributed by atoms with van der Waals surface area (Å²) < 4.78 is 0. The number of rotatable bonds is 3. The third-order valence-electron chi connectivity index (χ3n) is 7.92. The van der Waals surface area contributed by atoms with Crippen molar-refractivity contribution in [2.24, 2.45) is 0 Å². The summed E-state index contributed by atoms with van der Waals surface area (Å²) in [5.41, 5.74) is 8.28. The molecule has 0 aliphatic carbocycles. The van der Waals surface area contributed by atoms with Crippen molar-refractivity contribution >= 4 is 68.0 Å². The van der Waals surface area contributed by atoms with E-state index in [4.69, 9.17) is 0 Å². The first kappa shape index (κ1) is 35.3. The van der Waals surface area contributed by atoms with E-state index in [9.17, 15) is 29.7 Å². The number of carbonyl (C=O) groups excluding carboxylic acids is 3. The summed E-state index contributed by atoms with van der Waals surface area (Å²) in [6, 6.07) is 15.3. The average Bonchev–Trinajstić information content (AvgIpc) is 3.02. The van der Waals surface area contributed by atoms with Crippen LogP contribution in [-0.2, 0) is 0 Å². The van der Waals surface area contributed by atoms with Crippen LogP contribution in [-0.4, -0.2) is 50.2 Å². The molecule has 0 radical (unpaired) electrons. The number of carbonyl (C=O) groups is 3. The predicted octanol–water partition coefficient (Wildman–Crippen LogP) is 3.26. The standard InChI is InChI=1S/3C12H11NO2.Al/c3*1-7-6-13-11-9(8(7)2)4-3-5-10(11)12(14)15;/h3*3-6H,1-2H3,(H,14,15);/q;;;+3/p-3. The minimum absolute atomic E-state index is 0. The molecule has 0 N–H and O–H groups in total. The smallest absolute Gasteiger partial charge is 0.545 e. The molecule has 3 heterocycles. The van der Waals surface area contributed by atoms with Gasteiger partial charge in [0.1, 0.15) is 0 Å². The molecule has 0 aliphatic rings. The van der Waals surface area contributed by atoms with Crippen LogP contribution < -0.4 is 15.3 Å². The van der Waals surface area contributed by atoms with E-state index in [1.165, 1.54) is 18.2 Å². The van der Waals surface area contributed by atoms with Crippen molar-refractivity contribution in [1.29, 1.82) is 0 Å². The number of hydrogen-bond donors (Lipinski definition) is 0. The fourth-order valence-corrected chi connectivity index (χ4v) is 4.86. The number of pyridine rings is 3. The molecule has 0 unspecified atom stereocenters. The first-order valence-electron chi connectivity index (χ1n) is 14.0. The third-order valence-corrected chi connectivity index (χ3v) is 7.92. The Morgan fingerprint density at radius 1 is 0.457 bits per heavy atom. The fourth-order valence-electron chi connectivity index (χ4n) is 4.86. The number of carboxylic acid groups (broad SMARTS) is 3. The number of fused-ring (bicyclic) bond motifs is 3. The van der Waals surface area contributed by atoms with E-state index in [1.807, 2.05) is 59.7 Å². The Morgan fingerprint density at radius 3 is 0.913 bits per heavy atom. The number of hydrogen-bond acceptors (Lipinski definition) is 9. The van der Waals surface area contributed by atoms with E-state index >= 15 is 0 Å². The van der Waals surface area contributed by atoms with E-state index in [0.717, 1.165) is 49.5 Å². The van der Waals surface area contributed by atoms with E-state index in [0.29, 0.717) is 16.6 Å². The van der Waals surface area contributed by atoms with Gasteiger partial charge in [-0.2, -0.15) is 0 Å². The molecule has 3 aromatic heterocycles. The Bertz CT molecular complexity index is 1890. The molecule has 0 atom stereocenters. The van der Waals surface area contributed by atoms with Gasteiger partial charge in [-0.3, -0.25) is 15.0 Å². The summed E-state index contributed by atoms with van der Waals surface area (Å²) >= 11 is 0. The molecule has 0 aliphatic heterocycles. The van der Waals surface area contributed by atoms with Gasteiger partial charge in [0.15, 0.2) is 0 Å². The zero-order chi connectivity index (χ0) is 33.0. The summed E-state index contributed by atoms with van der Waals surface area (Å²) in [5.74, 6) is -3.55. The molecule has 0 saturated carbocycles. The first-order chi connectivity index (χ1) is 21.3. The second-order valence-corrected chi connectivity index (χ2v) is 10.7. The van der Waals surface area contributed by atoms with Crippen LogP contribution in [0.25, 0.3) is 32.7 Å². The Kier molecular flexibility index (Phi) is 11.3. The van der Waals surface area contributed by atoms with E-state index in [-0.39, 0.29) is 34.1 Å². The van der Waals surface area contributed by atoms with Crippen molar-refractivity contribution in [3.8, 4) is 0 Å². The fraction of sp³-hybridized carbons (Fsp3) is 0.167. The molecule has 0 spiro atoms. The summed E-state index contributed by atoms with van der Waals surface area (Å²) in [5, 5.41) is 35.2. The number of benzene rings is 3. The van der Waals surface area contributed by atoms with Gasteiger partial charge in [0.05, 0.1) is 34.5 Å². The van der Waals surface area contributed by atoms with Gasteiger partial charge in [0.2, 0.25) is 0 Å². The molecule has 0 bridgehead atoms. The molecular weight excluding hydrogens is 597 g/mol. The molecule has 10 heteroatoms. The van der Waals surface area contributed by atoms with Gasteiger partial charge >= 0.3 is 17.4 Å². The van der Waals surface area contributed by atoms with Crippen LogP contribution in [0.1, 0.15) is 64.5 Å². The number of carboxylic acids is 3. The Morgan fingerprint density at radius 2 is 0.696 bits per heavy atom. The number of aryl methyl sites for hydroxylation is 6. The van der Waals surface area contributed by atoms with Crippen LogP contribution in [0.3, 0.4) is 0 Å². The molecule has 9 nitrogen and oxygen atoms in total. The number of nitrogens with zero attached hydrogens (tertiary/aromatic N) is 3. The SMILES string of the molecule is Cc1cnc2c(C(=O)[O-])cccc2c1C.Cc1cnc2c(C(=O)[O-])cccc2c1C.Cc1cnc2c(C(=O)[O-])cccc2c1C.[Al+3]. The maximum absolute atomic E-state index is 10.9. The van der Waals surface area contributed by atoms with E-state index < -0.39 is 17.9 Å². The van der Waals surface area contributed by atoms with Gasteiger partial charge in [-0.15, -0.1) is 0 Å². The monoisotopic (exact) mass is 627 g/mol. The maximum Gasteiger partial charge on any atom is 3.00 e. The van der Waals surface area contributed by atoms with Crippen molar-refractivity contribution in [1.82, 2.24) is 15.0 Å². The second-order valence-electron chi connectivity index (χ2n) is 10.7. The van der Waals surface area contributed by atoms with Crippen LogP contribution in [0.4, 0.5) is 0 Å². The van der Waals surface area contributed by atoms with Crippen molar-refractivity contribution in [2.75, 3.05) is 0 Å². The van der Waals surface area contributed by atoms with E-state index in [2.05, 4.69) is 15.0 Å². The summed E-state index contributed by atoms with van der Waals surface area (Å²) in [6.07, 6.45) is 5.05. The van der Waals surface area contributed by atoms with Crippen LogP contribution in [0, 0.1) is 41.5 Å². The maximum atomic E-state index is 10.9. The van der Waals surface area contributed by atoms with Crippen LogP contribution in [0.2, 0.25) is 0 Å². The van der Waals surface area contributed by atoms with Crippen molar-refractivity contribution < 1.29 is 29.7 Å². The van der Waals surface area contributed by atoms with Gasteiger partial charge in [0, 0.05) is 51.4 Å². The number of aromatic nitrogens is 3. The molecule has 0 amide bonds. The Balaban J connectivity index is 0.000000186. The van der Waals surface area contributed by atoms with Crippen molar-refractivity contribution in [3.05, 3.63) is 123 Å². The molecule has 228 valence electrons. The molecule has 0 fully saturated rings. The zero-order valence-corrected chi connectivity index (χ0v) is 27.5. The number of para-hydroxylation sites is 3. The zero-order valence-electron chi connectivity index (χ0n) is 26.3. The number of aromatic carboxylic acids is 3. The summed E-state index contributed by atoms with van der Waals surface area (Å²) in [6.45, 7) is 11.7. The molecule has 3 aromatic carbocycles.